The Bertz CT molecular complexity index is 1410. The lowest BCUT2D eigenvalue weighted by Gasteiger charge is -2.33. The highest BCUT2D eigenvalue weighted by molar-refractivity contribution is 7.98. The standard InChI is InChI=1S/C31H39N3O5S2/c1-6-19-32-31(36)29(7-2)33(21-24-9-8-10-26(20-24)39-4)30(35)22-34(25-13-11-23(3)12-14-25)41(37,38)28-17-15-27(40-5)16-18-28/h8-18,20,29H,6-7,19,21-22H2,1-5H3,(H,32,36)/t29-/m1/s1. The minimum Gasteiger partial charge on any atom is -0.497 e. The predicted octanol–water partition coefficient (Wildman–Crippen LogP) is 5.25. The van der Waals surface area contributed by atoms with Gasteiger partial charge >= 0.3 is 0 Å². The van der Waals surface area contributed by atoms with E-state index in [1.165, 1.54) is 16.7 Å². The molecule has 220 valence electrons. The fourth-order valence-corrected chi connectivity index (χ4v) is 6.19. The first kappa shape index (κ1) is 32.0. The van der Waals surface area contributed by atoms with Crippen molar-refractivity contribution in [2.75, 3.05) is 30.8 Å². The molecule has 8 nitrogen and oxygen atoms in total. The SMILES string of the molecule is CCCNC(=O)[C@@H](CC)N(Cc1cccc(OC)c1)C(=O)CN(c1ccc(C)cc1)S(=O)(=O)c1ccc(SC)cc1. The van der Waals surface area contributed by atoms with Gasteiger partial charge < -0.3 is 15.0 Å². The van der Waals surface area contributed by atoms with Crippen LogP contribution in [0.25, 0.3) is 0 Å². The third-order valence-electron chi connectivity index (χ3n) is 6.67. The Morgan fingerprint density at radius 1 is 1.00 bits per heavy atom. The summed E-state index contributed by atoms with van der Waals surface area (Å²) >= 11 is 1.51. The number of ether oxygens (including phenoxy) is 1. The second-order valence-electron chi connectivity index (χ2n) is 9.61. The maximum Gasteiger partial charge on any atom is 0.264 e. The number of sulfonamides is 1. The molecule has 0 aromatic heterocycles. The van der Waals surface area contributed by atoms with Crippen LogP contribution in [-0.2, 0) is 26.2 Å². The number of carbonyl (C=O) groups excluding carboxylic acids is 2. The van der Waals surface area contributed by atoms with Crippen molar-refractivity contribution in [3.05, 3.63) is 83.9 Å². The van der Waals surface area contributed by atoms with Gasteiger partial charge in [0.2, 0.25) is 11.8 Å². The molecule has 0 heterocycles. The van der Waals surface area contributed by atoms with Crippen molar-refractivity contribution in [3.8, 4) is 5.75 Å². The molecule has 0 radical (unpaired) electrons. The number of hydrogen-bond donors (Lipinski definition) is 1. The average molecular weight is 598 g/mol. The molecule has 0 saturated heterocycles. The molecule has 0 aliphatic heterocycles. The van der Waals surface area contributed by atoms with E-state index in [9.17, 15) is 18.0 Å². The van der Waals surface area contributed by atoms with Crippen molar-refractivity contribution in [2.24, 2.45) is 0 Å². The summed E-state index contributed by atoms with van der Waals surface area (Å²) in [5.41, 5.74) is 2.08. The summed E-state index contributed by atoms with van der Waals surface area (Å²) in [5.74, 6) is -0.143. The minimum atomic E-state index is -4.11. The smallest absolute Gasteiger partial charge is 0.264 e. The van der Waals surface area contributed by atoms with Crippen molar-refractivity contribution >= 4 is 39.3 Å². The Balaban J connectivity index is 2.05. The van der Waals surface area contributed by atoms with Gasteiger partial charge in [0.05, 0.1) is 17.7 Å². The molecule has 1 atom stereocenters. The molecule has 0 aliphatic carbocycles. The number of methoxy groups -OCH3 is 1. The molecule has 0 fully saturated rings. The predicted molar refractivity (Wildman–Crippen MR) is 165 cm³/mol. The van der Waals surface area contributed by atoms with E-state index in [1.807, 2.05) is 39.2 Å². The van der Waals surface area contributed by atoms with Crippen LogP contribution in [-0.4, -0.2) is 57.6 Å². The Labute approximate surface area is 248 Å². The topological polar surface area (TPSA) is 96.0 Å². The summed E-state index contributed by atoms with van der Waals surface area (Å²) in [6.45, 7) is 5.81. The van der Waals surface area contributed by atoms with E-state index in [2.05, 4.69) is 5.32 Å². The molecule has 3 aromatic rings. The van der Waals surface area contributed by atoms with Gasteiger partial charge in [-0.25, -0.2) is 8.42 Å². The Morgan fingerprint density at radius 2 is 1.68 bits per heavy atom. The summed E-state index contributed by atoms with van der Waals surface area (Å²) in [7, 11) is -2.55. The number of rotatable bonds is 14. The van der Waals surface area contributed by atoms with Crippen molar-refractivity contribution in [2.45, 2.75) is 56.0 Å². The molecule has 10 heteroatoms. The van der Waals surface area contributed by atoms with Crippen LogP contribution in [0.3, 0.4) is 0 Å². The number of thioether (sulfide) groups is 1. The van der Waals surface area contributed by atoms with Gasteiger partial charge in [-0.3, -0.25) is 13.9 Å². The first-order valence-electron chi connectivity index (χ1n) is 13.6. The first-order valence-corrected chi connectivity index (χ1v) is 16.2. The first-order chi connectivity index (χ1) is 19.6. The lowest BCUT2D eigenvalue weighted by molar-refractivity contribution is -0.140. The molecule has 41 heavy (non-hydrogen) atoms. The van der Waals surface area contributed by atoms with Gasteiger partial charge in [-0.2, -0.15) is 0 Å². The van der Waals surface area contributed by atoms with E-state index in [-0.39, 0.29) is 17.3 Å². The lowest BCUT2D eigenvalue weighted by Crippen LogP contribution is -2.52. The van der Waals surface area contributed by atoms with Gasteiger partial charge in [0.25, 0.3) is 10.0 Å². The van der Waals surface area contributed by atoms with Crippen LogP contribution in [0, 0.1) is 6.92 Å². The van der Waals surface area contributed by atoms with Gasteiger partial charge in [-0.1, -0.05) is 43.7 Å². The lowest BCUT2D eigenvalue weighted by atomic mass is 10.1. The summed E-state index contributed by atoms with van der Waals surface area (Å²) in [6.07, 6.45) is 3.03. The van der Waals surface area contributed by atoms with Crippen LogP contribution >= 0.6 is 11.8 Å². The fraction of sp³-hybridized carbons (Fsp3) is 0.355. The molecular weight excluding hydrogens is 558 g/mol. The third-order valence-corrected chi connectivity index (χ3v) is 9.20. The molecule has 3 rings (SSSR count). The number of aryl methyl sites for hydroxylation is 1. The average Bonchev–Trinajstić information content (AvgIpc) is 2.99. The molecule has 0 saturated carbocycles. The van der Waals surface area contributed by atoms with E-state index in [0.29, 0.717) is 24.4 Å². The maximum atomic E-state index is 14.1. The van der Waals surface area contributed by atoms with E-state index in [0.717, 1.165) is 26.7 Å². The Hall–Kier alpha value is -3.50. The second kappa shape index (κ2) is 14.9. The van der Waals surface area contributed by atoms with Gasteiger partial charge in [0.15, 0.2) is 0 Å². The van der Waals surface area contributed by atoms with E-state index in [4.69, 9.17) is 4.74 Å². The summed E-state index contributed by atoms with van der Waals surface area (Å²) in [4.78, 5) is 29.8. The fourth-order valence-electron chi connectivity index (χ4n) is 4.37. The largest absolute Gasteiger partial charge is 0.497 e. The van der Waals surface area contributed by atoms with Crippen LogP contribution in [0.1, 0.15) is 37.8 Å². The molecule has 2 amide bonds. The Kier molecular flexibility index (Phi) is 11.7. The summed E-state index contributed by atoms with van der Waals surface area (Å²) in [5, 5.41) is 2.89. The number of carbonyl (C=O) groups is 2. The highest BCUT2D eigenvalue weighted by Crippen LogP contribution is 2.27. The van der Waals surface area contributed by atoms with Crippen molar-refractivity contribution in [1.82, 2.24) is 10.2 Å². The van der Waals surface area contributed by atoms with Gasteiger partial charge in [-0.05, 0) is 80.1 Å². The highest BCUT2D eigenvalue weighted by Gasteiger charge is 2.33. The van der Waals surface area contributed by atoms with Crippen LogP contribution in [0.15, 0.2) is 82.6 Å². The molecule has 0 spiro atoms. The second-order valence-corrected chi connectivity index (χ2v) is 12.4. The molecular formula is C31H39N3O5S2. The van der Waals surface area contributed by atoms with E-state index >= 15 is 0 Å². The number of nitrogens with one attached hydrogen (secondary N) is 1. The molecule has 0 aliphatic rings. The number of benzene rings is 3. The van der Waals surface area contributed by atoms with Crippen molar-refractivity contribution in [3.63, 3.8) is 0 Å². The van der Waals surface area contributed by atoms with E-state index in [1.54, 1.807) is 67.8 Å². The Morgan fingerprint density at radius 3 is 2.27 bits per heavy atom. The summed E-state index contributed by atoms with van der Waals surface area (Å²) < 4.78 is 34.4. The van der Waals surface area contributed by atoms with Crippen LogP contribution in [0.2, 0.25) is 0 Å². The molecule has 0 bridgehead atoms. The number of anilines is 1. The number of hydrogen-bond acceptors (Lipinski definition) is 6. The van der Waals surface area contributed by atoms with Crippen LogP contribution < -0.4 is 14.4 Å². The quantitative estimate of drug-likeness (QED) is 0.255. The van der Waals surface area contributed by atoms with Crippen LogP contribution in [0.5, 0.6) is 5.75 Å². The van der Waals surface area contributed by atoms with Gasteiger partial charge in [-0.15, -0.1) is 11.8 Å². The zero-order valence-electron chi connectivity index (χ0n) is 24.3. The van der Waals surface area contributed by atoms with Crippen LogP contribution in [0.4, 0.5) is 5.69 Å². The molecule has 1 N–H and O–H groups in total. The zero-order chi connectivity index (χ0) is 30.0. The maximum absolute atomic E-state index is 14.1. The van der Waals surface area contributed by atoms with Gasteiger partial charge in [0, 0.05) is 18.0 Å². The normalized spacial score (nSPS) is 11.9. The number of nitrogens with zero attached hydrogens (tertiary/aromatic N) is 2. The molecule has 3 aromatic carbocycles. The minimum absolute atomic E-state index is 0.0794. The number of amides is 2. The van der Waals surface area contributed by atoms with Gasteiger partial charge in [0.1, 0.15) is 18.3 Å². The van der Waals surface area contributed by atoms with Crippen molar-refractivity contribution < 1.29 is 22.7 Å². The van der Waals surface area contributed by atoms with E-state index < -0.39 is 28.5 Å². The highest BCUT2D eigenvalue weighted by atomic mass is 32.2. The van der Waals surface area contributed by atoms with Crippen molar-refractivity contribution in [1.29, 1.82) is 0 Å². The molecule has 0 unspecified atom stereocenters. The third kappa shape index (κ3) is 8.27. The zero-order valence-corrected chi connectivity index (χ0v) is 25.9. The summed E-state index contributed by atoms with van der Waals surface area (Å²) in [6, 6.07) is 20.1. The monoisotopic (exact) mass is 597 g/mol.